The van der Waals surface area contributed by atoms with Crippen LogP contribution in [0.2, 0.25) is 0 Å². The zero-order valence-electron chi connectivity index (χ0n) is 18.9. The molecule has 1 aliphatic rings. The number of anilines is 2. The third kappa shape index (κ3) is 4.10. The maximum Gasteiger partial charge on any atom is 0.274 e. The zero-order valence-corrected chi connectivity index (χ0v) is 19.7. The second kappa shape index (κ2) is 8.83. The molecule has 0 bridgehead atoms. The van der Waals surface area contributed by atoms with E-state index >= 15 is 0 Å². The second-order valence-electron chi connectivity index (χ2n) is 8.25. The summed E-state index contributed by atoms with van der Waals surface area (Å²) >= 11 is 0. The molecule has 0 unspecified atom stereocenters. The number of sulfonamides is 1. The van der Waals surface area contributed by atoms with E-state index in [1.54, 1.807) is 36.5 Å². The highest BCUT2D eigenvalue weighted by Crippen LogP contribution is 2.34. The molecule has 2 aromatic heterocycles. The van der Waals surface area contributed by atoms with Crippen LogP contribution in [0.3, 0.4) is 0 Å². The number of fused-ring (bicyclic) bond motifs is 2. The molecule has 0 aliphatic carbocycles. The first-order valence-corrected chi connectivity index (χ1v) is 12.5. The topological polar surface area (TPSA) is 99.7 Å². The van der Waals surface area contributed by atoms with E-state index in [2.05, 4.69) is 26.3 Å². The number of nitrogens with zero attached hydrogens (tertiary/aromatic N) is 3. The summed E-state index contributed by atoms with van der Waals surface area (Å²) in [5.41, 5.74) is 3.08. The lowest BCUT2D eigenvalue weighted by Gasteiger charge is -2.31. The largest absolute Gasteiger partial charge is 0.491 e. The smallest absolute Gasteiger partial charge is 0.274 e. The Hall–Kier alpha value is -3.85. The van der Waals surface area contributed by atoms with Crippen LogP contribution in [0, 0.1) is 0 Å². The van der Waals surface area contributed by atoms with Gasteiger partial charge in [0.25, 0.3) is 10.0 Å². The Kier molecular flexibility index (Phi) is 5.70. The molecule has 0 atom stereocenters. The van der Waals surface area contributed by atoms with Gasteiger partial charge in [0.05, 0.1) is 17.5 Å². The molecule has 34 heavy (non-hydrogen) atoms. The normalized spacial score (nSPS) is 16.0. The molecule has 0 radical (unpaired) electrons. The van der Waals surface area contributed by atoms with E-state index in [-0.39, 0.29) is 17.0 Å². The van der Waals surface area contributed by atoms with Gasteiger partial charge in [-0.05, 0) is 50.1 Å². The Bertz CT molecular complexity index is 1480. The van der Waals surface area contributed by atoms with Crippen molar-refractivity contribution in [3.05, 3.63) is 78.8 Å². The van der Waals surface area contributed by atoms with Crippen molar-refractivity contribution in [2.75, 3.05) is 16.2 Å². The number of aliphatic imine (C=N–C) groups is 1. The molecule has 1 aliphatic heterocycles. The highest BCUT2D eigenvalue weighted by atomic mass is 32.2. The van der Waals surface area contributed by atoms with E-state index in [9.17, 15) is 8.42 Å². The number of ether oxygens (including phenoxy) is 1. The van der Waals surface area contributed by atoms with E-state index in [0.717, 1.165) is 16.5 Å². The summed E-state index contributed by atoms with van der Waals surface area (Å²) < 4.78 is 34.3. The lowest BCUT2D eigenvalue weighted by molar-refractivity contribution is 0.242. The highest BCUT2D eigenvalue weighted by Gasteiger charge is 2.37. The molecular weight excluding hydrogens is 450 g/mol. The third-order valence-electron chi connectivity index (χ3n) is 5.48. The quantitative estimate of drug-likeness (QED) is 0.426. The molecule has 5 rings (SSSR count). The maximum atomic E-state index is 13.6. The molecule has 0 spiro atoms. The first-order valence-electron chi connectivity index (χ1n) is 11.1. The van der Waals surface area contributed by atoms with Crippen molar-refractivity contribution in [1.29, 1.82) is 0 Å². The van der Waals surface area contributed by atoms with Gasteiger partial charge < -0.3 is 15.0 Å². The summed E-state index contributed by atoms with van der Waals surface area (Å²) in [6, 6.07) is 16.7. The molecular formula is C25H25N5O3S. The van der Waals surface area contributed by atoms with Gasteiger partial charge in [0.2, 0.25) is 5.96 Å². The van der Waals surface area contributed by atoms with Gasteiger partial charge in [0.1, 0.15) is 10.6 Å². The number of benzene rings is 2. The van der Waals surface area contributed by atoms with E-state index in [4.69, 9.17) is 4.74 Å². The van der Waals surface area contributed by atoms with E-state index in [0.29, 0.717) is 30.1 Å². The maximum absolute atomic E-state index is 13.6. The van der Waals surface area contributed by atoms with E-state index in [1.165, 1.54) is 10.5 Å². The fourth-order valence-electron chi connectivity index (χ4n) is 4.01. The lowest BCUT2D eigenvalue weighted by atomic mass is 10.1. The highest BCUT2D eigenvalue weighted by molar-refractivity contribution is 7.94. The predicted octanol–water partition coefficient (Wildman–Crippen LogP) is 4.57. The van der Waals surface area contributed by atoms with Gasteiger partial charge in [-0.25, -0.2) is 12.7 Å². The molecule has 0 saturated heterocycles. The average Bonchev–Trinajstić information content (AvgIpc) is 3.22. The zero-order chi connectivity index (χ0) is 23.7. The Morgan fingerprint density at radius 2 is 1.97 bits per heavy atom. The number of aromatic amines is 1. The summed E-state index contributed by atoms with van der Waals surface area (Å²) in [5.74, 6) is 0.818. The third-order valence-corrected chi connectivity index (χ3v) is 7.23. The second-order valence-corrected chi connectivity index (χ2v) is 10.0. The molecule has 0 fully saturated rings. The van der Waals surface area contributed by atoms with E-state index < -0.39 is 10.0 Å². The van der Waals surface area contributed by atoms with Gasteiger partial charge in [-0.1, -0.05) is 24.3 Å². The number of hydrogen-bond acceptors (Lipinski definition) is 5. The summed E-state index contributed by atoms with van der Waals surface area (Å²) in [7, 11) is -3.93. The molecule has 8 nitrogen and oxygen atoms in total. The van der Waals surface area contributed by atoms with Crippen LogP contribution in [0.15, 0.2) is 83.1 Å². The first kappa shape index (κ1) is 22.0. The minimum absolute atomic E-state index is 0.0411. The first-order chi connectivity index (χ1) is 16.4. The van der Waals surface area contributed by atoms with Gasteiger partial charge >= 0.3 is 0 Å². The van der Waals surface area contributed by atoms with Crippen molar-refractivity contribution in [2.45, 2.75) is 31.3 Å². The number of hydrogen-bond donors (Lipinski definition) is 2. The number of guanidine groups is 1. The van der Waals surface area contributed by atoms with Crippen molar-refractivity contribution in [1.82, 2.24) is 9.97 Å². The van der Waals surface area contributed by atoms with Gasteiger partial charge in [-0.2, -0.15) is 0 Å². The number of para-hydroxylation sites is 1. The van der Waals surface area contributed by atoms with Gasteiger partial charge in [-0.15, -0.1) is 0 Å². The Balaban J connectivity index is 1.52. The summed E-state index contributed by atoms with van der Waals surface area (Å²) in [5, 5.41) is 4.32. The van der Waals surface area contributed by atoms with Crippen LogP contribution in [0.4, 0.5) is 11.4 Å². The molecule has 2 N–H and O–H groups in total. The van der Waals surface area contributed by atoms with Crippen LogP contribution in [0.25, 0.3) is 10.9 Å². The molecule has 0 saturated carbocycles. The predicted molar refractivity (Wildman–Crippen MR) is 134 cm³/mol. The Labute approximate surface area is 198 Å². The number of pyridine rings is 1. The van der Waals surface area contributed by atoms with Crippen LogP contribution < -0.4 is 14.4 Å². The van der Waals surface area contributed by atoms with Gasteiger partial charge in [-0.3, -0.25) is 9.98 Å². The number of H-pyrrole nitrogens is 1. The molecule has 0 amide bonds. The number of aromatic nitrogens is 2. The Morgan fingerprint density at radius 1 is 1.12 bits per heavy atom. The average molecular weight is 476 g/mol. The van der Waals surface area contributed by atoms with Crippen LogP contribution in [-0.2, 0) is 16.4 Å². The Morgan fingerprint density at radius 3 is 2.82 bits per heavy atom. The minimum Gasteiger partial charge on any atom is -0.491 e. The minimum atomic E-state index is -3.93. The van der Waals surface area contributed by atoms with Gasteiger partial charge in [0.15, 0.2) is 0 Å². The standard InChI is InChI=1S/C25H25N5O3S/c1-17(2)33-20-7-5-6-19(14-20)30-25(29-23-11-12-26-16-24(23)34(30,31)32)27-13-10-18-15-28-22-9-4-3-8-21(18)22/h3-9,11-12,14-17,28H,10,13H2,1-2H3,(H,27,29). The number of nitrogens with one attached hydrogen (secondary N) is 2. The van der Waals surface area contributed by atoms with Crippen molar-refractivity contribution < 1.29 is 13.2 Å². The lowest BCUT2D eigenvalue weighted by Crippen LogP contribution is -2.45. The molecule has 3 heterocycles. The SMILES string of the molecule is CC(C)Oc1cccc(N2C(=NCCc3c[nH]c4ccccc34)Nc3ccncc3S2(=O)=O)c1. The van der Waals surface area contributed by atoms with Crippen LogP contribution >= 0.6 is 0 Å². The van der Waals surface area contributed by atoms with Crippen molar-refractivity contribution >= 4 is 38.3 Å². The van der Waals surface area contributed by atoms with E-state index in [1.807, 2.05) is 38.2 Å². The summed E-state index contributed by atoms with van der Waals surface area (Å²) in [6.07, 6.45) is 5.49. The summed E-state index contributed by atoms with van der Waals surface area (Å²) in [6.45, 7) is 4.25. The number of rotatable bonds is 6. The molecule has 2 aromatic carbocycles. The van der Waals surface area contributed by atoms with Crippen LogP contribution in [0.1, 0.15) is 19.4 Å². The molecule has 4 aromatic rings. The molecule has 174 valence electrons. The van der Waals surface area contributed by atoms with Crippen LogP contribution in [-0.4, -0.2) is 37.0 Å². The van der Waals surface area contributed by atoms with Crippen molar-refractivity contribution in [3.8, 4) is 5.75 Å². The van der Waals surface area contributed by atoms with Crippen molar-refractivity contribution in [3.63, 3.8) is 0 Å². The fraction of sp³-hybridized carbons (Fsp3) is 0.200. The van der Waals surface area contributed by atoms with Crippen molar-refractivity contribution in [2.24, 2.45) is 4.99 Å². The fourth-order valence-corrected chi connectivity index (χ4v) is 5.52. The van der Waals surface area contributed by atoms with Crippen LogP contribution in [0.5, 0.6) is 5.75 Å². The molecule has 9 heteroatoms. The monoisotopic (exact) mass is 475 g/mol. The summed E-state index contributed by atoms with van der Waals surface area (Å²) in [4.78, 5) is 12.1. The van der Waals surface area contributed by atoms with Gasteiger partial charge in [0, 0.05) is 42.1 Å².